The van der Waals surface area contributed by atoms with Gasteiger partial charge >= 0.3 is 12.1 Å². The molecule has 1 unspecified atom stereocenters. The Morgan fingerprint density at radius 3 is 2.48 bits per heavy atom. The summed E-state index contributed by atoms with van der Waals surface area (Å²) < 4.78 is 10.5. The first-order valence-electron chi connectivity index (χ1n) is 9.87. The lowest BCUT2D eigenvalue weighted by molar-refractivity contribution is -0.145. The largest absolute Gasteiger partial charge is 0.469 e. The summed E-state index contributed by atoms with van der Waals surface area (Å²) in [6.45, 7) is 8.84. The Hall–Kier alpha value is -2.04. The summed E-state index contributed by atoms with van der Waals surface area (Å²) in [6.07, 6.45) is 2.88. The molecule has 148 valence electrons. The Bertz CT molecular complexity index is 718. The highest BCUT2D eigenvalue weighted by molar-refractivity contribution is 5.73. The average molecular weight is 373 g/mol. The topological polar surface area (TPSA) is 55.8 Å². The van der Waals surface area contributed by atoms with E-state index in [0.29, 0.717) is 19.0 Å². The van der Waals surface area contributed by atoms with Gasteiger partial charge < -0.3 is 14.4 Å². The lowest BCUT2D eigenvalue weighted by atomic mass is 9.81. The van der Waals surface area contributed by atoms with E-state index in [1.54, 1.807) is 4.90 Å². The molecule has 1 saturated carbocycles. The molecule has 1 aliphatic heterocycles. The van der Waals surface area contributed by atoms with E-state index in [1.165, 1.54) is 18.2 Å². The minimum Gasteiger partial charge on any atom is -0.469 e. The van der Waals surface area contributed by atoms with Crippen LogP contribution in [-0.2, 0) is 27.2 Å². The Labute approximate surface area is 162 Å². The number of carbonyl (C=O) groups excluding carboxylic acids is 2. The summed E-state index contributed by atoms with van der Waals surface area (Å²) in [5.41, 5.74) is 3.12. The van der Waals surface area contributed by atoms with Crippen LogP contribution in [0.2, 0.25) is 0 Å². The first kappa shape index (κ1) is 19.7. The molecule has 0 N–H and O–H groups in total. The molecule has 1 fully saturated rings. The van der Waals surface area contributed by atoms with Crippen molar-refractivity contribution in [2.24, 2.45) is 11.8 Å². The van der Waals surface area contributed by atoms with Crippen molar-refractivity contribution in [1.82, 2.24) is 4.90 Å². The number of rotatable bonds is 4. The number of nitrogens with zero attached hydrogens (tertiary/aromatic N) is 1. The second kappa shape index (κ2) is 7.53. The number of esters is 1. The minimum atomic E-state index is -0.494. The molecule has 0 saturated heterocycles. The van der Waals surface area contributed by atoms with E-state index in [2.05, 4.69) is 18.2 Å². The van der Waals surface area contributed by atoms with Gasteiger partial charge in [0.15, 0.2) is 0 Å². The van der Waals surface area contributed by atoms with Crippen molar-refractivity contribution < 1.29 is 19.1 Å². The Morgan fingerprint density at radius 2 is 1.89 bits per heavy atom. The van der Waals surface area contributed by atoms with Crippen LogP contribution in [0, 0.1) is 11.8 Å². The van der Waals surface area contributed by atoms with E-state index in [1.807, 2.05) is 27.7 Å². The van der Waals surface area contributed by atoms with Gasteiger partial charge in [-0.2, -0.15) is 0 Å². The van der Waals surface area contributed by atoms with Crippen LogP contribution in [0.1, 0.15) is 63.1 Å². The van der Waals surface area contributed by atoms with E-state index in [4.69, 9.17) is 9.47 Å². The highest BCUT2D eigenvalue weighted by atomic mass is 16.6. The fourth-order valence-electron chi connectivity index (χ4n) is 4.02. The lowest BCUT2D eigenvalue weighted by Crippen LogP contribution is -2.40. The summed E-state index contributed by atoms with van der Waals surface area (Å²) in [7, 11) is 1.45. The van der Waals surface area contributed by atoms with Crippen LogP contribution >= 0.6 is 0 Å². The maximum Gasteiger partial charge on any atom is 0.410 e. The van der Waals surface area contributed by atoms with Crippen LogP contribution in [0.5, 0.6) is 0 Å². The summed E-state index contributed by atoms with van der Waals surface area (Å²) in [6, 6.07) is 6.51. The molecule has 0 spiro atoms. The van der Waals surface area contributed by atoms with Crippen LogP contribution in [0.15, 0.2) is 18.2 Å². The molecule has 2 atom stereocenters. The van der Waals surface area contributed by atoms with Crippen molar-refractivity contribution in [2.45, 2.75) is 65.0 Å². The van der Waals surface area contributed by atoms with Crippen LogP contribution < -0.4 is 0 Å². The number of hydrogen-bond donors (Lipinski definition) is 0. The van der Waals surface area contributed by atoms with Crippen molar-refractivity contribution in [2.75, 3.05) is 13.7 Å². The van der Waals surface area contributed by atoms with Crippen LogP contribution in [0.4, 0.5) is 4.79 Å². The summed E-state index contributed by atoms with van der Waals surface area (Å²) >= 11 is 0. The number of fused-ring (bicyclic) bond motifs is 1. The number of benzene rings is 1. The number of ether oxygens (including phenoxy) is 2. The minimum absolute atomic E-state index is 0.153. The highest BCUT2D eigenvalue weighted by Crippen LogP contribution is 2.47. The van der Waals surface area contributed by atoms with Gasteiger partial charge in [0.2, 0.25) is 0 Å². The number of carbonyl (C=O) groups is 2. The Morgan fingerprint density at radius 1 is 1.19 bits per heavy atom. The molecule has 1 heterocycles. The first-order chi connectivity index (χ1) is 12.7. The fraction of sp³-hybridized carbons (Fsp3) is 0.636. The molecule has 2 aliphatic rings. The van der Waals surface area contributed by atoms with Gasteiger partial charge in [0.05, 0.1) is 13.0 Å². The molecule has 0 radical (unpaired) electrons. The SMILES string of the molecule is COC(=O)[C@@H](C)C(c1ccc2c(c1)CN(C(=O)OC(C)(C)C)CC2)C1CC1. The number of hydrogen-bond acceptors (Lipinski definition) is 4. The molecule has 1 aromatic carbocycles. The quantitative estimate of drug-likeness (QED) is 0.739. The highest BCUT2D eigenvalue weighted by Gasteiger charge is 2.39. The predicted octanol–water partition coefficient (Wildman–Crippen LogP) is 4.28. The molecular weight excluding hydrogens is 342 g/mol. The standard InChI is InChI=1S/C22H31NO4/c1-14(20(24)26-5)19(16-7-8-16)17-9-6-15-10-11-23(13-18(15)12-17)21(25)27-22(2,3)4/h6,9,12,14,16,19H,7-8,10-11,13H2,1-5H3/t14-,19?/m0/s1. The normalized spacial score (nSPS) is 19.1. The second-order valence-electron chi connectivity index (χ2n) is 8.86. The van der Waals surface area contributed by atoms with Gasteiger partial charge in [0, 0.05) is 13.1 Å². The van der Waals surface area contributed by atoms with E-state index in [9.17, 15) is 9.59 Å². The van der Waals surface area contributed by atoms with Gasteiger partial charge in [-0.05, 0) is 68.6 Å². The average Bonchev–Trinajstić information content (AvgIpc) is 3.44. The third kappa shape index (κ3) is 4.63. The Kier molecular flexibility index (Phi) is 5.50. The van der Waals surface area contributed by atoms with Crippen molar-refractivity contribution in [1.29, 1.82) is 0 Å². The smallest absolute Gasteiger partial charge is 0.410 e. The van der Waals surface area contributed by atoms with Gasteiger partial charge in [0.25, 0.3) is 0 Å². The molecule has 5 heteroatoms. The second-order valence-corrected chi connectivity index (χ2v) is 8.86. The maximum absolute atomic E-state index is 12.4. The monoisotopic (exact) mass is 373 g/mol. The summed E-state index contributed by atoms with van der Waals surface area (Å²) in [5, 5.41) is 0. The Balaban J connectivity index is 1.80. The van der Waals surface area contributed by atoms with Crippen molar-refractivity contribution in [3.8, 4) is 0 Å². The van der Waals surface area contributed by atoms with E-state index < -0.39 is 5.60 Å². The fourth-order valence-corrected chi connectivity index (χ4v) is 4.02. The van der Waals surface area contributed by atoms with Gasteiger partial charge in [-0.25, -0.2) is 4.79 Å². The zero-order valence-corrected chi connectivity index (χ0v) is 17.1. The van der Waals surface area contributed by atoms with Crippen LogP contribution in [0.25, 0.3) is 0 Å². The predicted molar refractivity (Wildman–Crippen MR) is 103 cm³/mol. The zero-order valence-electron chi connectivity index (χ0n) is 17.1. The molecular formula is C22H31NO4. The molecule has 27 heavy (non-hydrogen) atoms. The van der Waals surface area contributed by atoms with E-state index >= 15 is 0 Å². The van der Waals surface area contributed by atoms with Crippen LogP contribution in [0.3, 0.4) is 0 Å². The number of amides is 1. The molecule has 1 aromatic rings. The third-order valence-electron chi connectivity index (χ3n) is 5.52. The van der Waals surface area contributed by atoms with Crippen molar-refractivity contribution >= 4 is 12.1 Å². The summed E-state index contributed by atoms with van der Waals surface area (Å²) in [4.78, 5) is 26.3. The molecule has 0 bridgehead atoms. The number of methoxy groups -OCH3 is 1. The zero-order chi connectivity index (χ0) is 19.8. The van der Waals surface area contributed by atoms with E-state index in [0.717, 1.165) is 24.8 Å². The molecule has 3 rings (SSSR count). The van der Waals surface area contributed by atoms with Gasteiger partial charge in [-0.3, -0.25) is 4.79 Å². The molecule has 1 aliphatic carbocycles. The van der Waals surface area contributed by atoms with Crippen molar-refractivity contribution in [3.63, 3.8) is 0 Å². The summed E-state index contributed by atoms with van der Waals surface area (Å²) in [5.74, 6) is 0.411. The van der Waals surface area contributed by atoms with Gasteiger partial charge in [-0.15, -0.1) is 0 Å². The van der Waals surface area contributed by atoms with Crippen molar-refractivity contribution in [3.05, 3.63) is 34.9 Å². The van der Waals surface area contributed by atoms with Crippen LogP contribution in [-0.4, -0.2) is 36.2 Å². The molecule has 5 nitrogen and oxygen atoms in total. The van der Waals surface area contributed by atoms with E-state index in [-0.39, 0.29) is 23.9 Å². The van der Waals surface area contributed by atoms with Gasteiger partial charge in [0.1, 0.15) is 5.60 Å². The van der Waals surface area contributed by atoms with Gasteiger partial charge in [-0.1, -0.05) is 25.1 Å². The lowest BCUT2D eigenvalue weighted by Gasteiger charge is -2.32. The molecule has 1 amide bonds. The molecule has 0 aromatic heterocycles. The maximum atomic E-state index is 12.4. The first-order valence-corrected chi connectivity index (χ1v) is 9.87. The third-order valence-corrected chi connectivity index (χ3v) is 5.52.